The predicted molar refractivity (Wildman–Crippen MR) is 148 cm³/mol. The Labute approximate surface area is 205 Å². The molecule has 3 aromatic heterocycles. The first-order chi connectivity index (χ1) is 16.8. The van der Waals surface area contributed by atoms with Gasteiger partial charge in [-0.05, 0) is 70.3 Å². The van der Waals surface area contributed by atoms with E-state index in [9.17, 15) is 0 Å². The summed E-state index contributed by atoms with van der Waals surface area (Å²) in [5, 5.41) is 7.97. The van der Waals surface area contributed by atoms with Crippen LogP contribution in [-0.4, -0.2) is 9.38 Å². The van der Waals surface area contributed by atoms with Gasteiger partial charge in [-0.1, -0.05) is 63.2 Å². The Morgan fingerprint density at radius 1 is 0.800 bits per heavy atom. The van der Waals surface area contributed by atoms with Gasteiger partial charge >= 0.3 is 0 Å². The molecular weight excluding hydrogens is 426 g/mol. The van der Waals surface area contributed by atoms with Crippen LogP contribution in [-0.2, 0) is 13.5 Å². The molecule has 0 radical (unpaired) electrons. The van der Waals surface area contributed by atoms with E-state index < -0.39 is 0 Å². The standard InChI is InChI=1S/C32H30N3/c1-18-21-11-7-8-12-22(21)19(2)29-26(18)30-28-24(33-17-34(30)6)15-20(16-32(3,4)5)27-23-13-9-10-14-25(23)35(29)31(27)28/h7-15,17H,16H2,1-6H3/q+1. The van der Waals surface area contributed by atoms with Gasteiger partial charge < -0.3 is 4.40 Å². The minimum absolute atomic E-state index is 0.177. The first kappa shape index (κ1) is 20.6. The van der Waals surface area contributed by atoms with Gasteiger partial charge in [0.2, 0.25) is 0 Å². The molecule has 0 fully saturated rings. The molecule has 0 amide bonds. The first-order valence-corrected chi connectivity index (χ1v) is 12.5. The largest absolute Gasteiger partial charge is 0.307 e. The molecule has 0 N–H and O–H groups in total. The van der Waals surface area contributed by atoms with Gasteiger partial charge in [0.15, 0.2) is 5.52 Å². The number of nitrogens with zero attached hydrogens (tertiary/aromatic N) is 3. The van der Waals surface area contributed by atoms with Crippen molar-refractivity contribution in [1.82, 2.24) is 9.38 Å². The fourth-order valence-corrected chi connectivity index (χ4v) is 6.53. The summed E-state index contributed by atoms with van der Waals surface area (Å²) in [4.78, 5) is 4.96. The zero-order valence-corrected chi connectivity index (χ0v) is 21.3. The van der Waals surface area contributed by atoms with Crippen LogP contribution in [0.4, 0.5) is 0 Å². The lowest BCUT2D eigenvalue weighted by Gasteiger charge is -2.21. The molecule has 4 aromatic carbocycles. The van der Waals surface area contributed by atoms with Gasteiger partial charge in [0.1, 0.15) is 5.52 Å². The number of hydrogen-bond acceptors (Lipinski definition) is 1. The second-order valence-corrected chi connectivity index (χ2v) is 11.5. The summed E-state index contributed by atoms with van der Waals surface area (Å²) in [6, 6.07) is 20.2. The van der Waals surface area contributed by atoms with Crippen LogP contribution in [0.3, 0.4) is 0 Å². The van der Waals surface area contributed by atoms with Crippen molar-refractivity contribution in [3.05, 3.63) is 77.6 Å². The Kier molecular flexibility index (Phi) is 3.95. The van der Waals surface area contributed by atoms with Crippen LogP contribution in [0.5, 0.6) is 0 Å². The van der Waals surface area contributed by atoms with E-state index in [1.54, 1.807) is 0 Å². The molecule has 0 aliphatic heterocycles. The molecule has 0 aliphatic rings. The monoisotopic (exact) mass is 456 g/mol. The molecule has 35 heavy (non-hydrogen) atoms. The summed E-state index contributed by atoms with van der Waals surface area (Å²) in [5.74, 6) is 0. The number of para-hydroxylation sites is 1. The van der Waals surface area contributed by atoms with Crippen LogP contribution in [0.25, 0.3) is 59.9 Å². The van der Waals surface area contributed by atoms with E-state index in [4.69, 9.17) is 4.98 Å². The highest BCUT2D eigenvalue weighted by atomic mass is 15.0. The summed E-state index contributed by atoms with van der Waals surface area (Å²) in [7, 11) is 2.14. The molecule has 3 heteroatoms. The number of rotatable bonds is 1. The maximum absolute atomic E-state index is 4.96. The maximum atomic E-state index is 4.96. The minimum atomic E-state index is 0.177. The fraction of sp³-hybridized carbons (Fsp3) is 0.250. The molecule has 7 aromatic rings. The first-order valence-electron chi connectivity index (χ1n) is 12.5. The van der Waals surface area contributed by atoms with E-state index >= 15 is 0 Å². The fourth-order valence-electron chi connectivity index (χ4n) is 6.53. The van der Waals surface area contributed by atoms with Crippen molar-refractivity contribution in [2.45, 2.75) is 41.0 Å². The van der Waals surface area contributed by atoms with Crippen molar-refractivity contribution in [2.24, 2.45) is 12.5 Å². The van der Waals surface area contributed by atoms with E-state index in [0.717, 1.165) is 11.9 Å². The van der Waals surface area contributed by atoms with Gasteiger partial charge in [-0.2, -0.15) is 0 Å². The molecule has 0 saturated carbocycles. The van der Waals surface area contributed by atoms with Gasteiger partial charge in [0.05, 0.1) is 34.4 Å². The number of benzene rings is 4. The van der Waals surface area contributed by atoms with Crippen LogP contribution in [0.15, 0.2) is 60.9 Å². The van der Waals surface area contributed by atoms with E-state index in [1.807, 2.05) is 6.33 Å². The molecule has 0 spiro atoms. The van der Waals surface area contributed by atoms with Crippen molar-refractivity contribution in [1.29, 1.82) is 0 Å². The van der Waals surface area contributed by atoms with Crippen molar-refractivity contribution < 1.29 is 4.57 Å². The maximum Gasteiger partial charge on any atom is 0.287 e. The summed E-state index contributed by atoms with van der Waals surface area (Å²) in [6.45, 7) is 11.6. The van der Waals surface area contributed by atoms with Gasteiger partial charge in [-0.3, -0.25) is 0 Å². The van der Waals surface area contributed by atoms with Crippen molar-refractivity contribution in [3.63, 3.8) is 0 Å². The van der Waals surface area contributed by atoms with E-state index in [2.05, 4.69) is 105 Å². The molecule has 7 rings (SSSR count). The average molecular weight is 457 g/mol. The van der Waals surface area contributed by atoms with Crippen LogP contribution in [0, 0.1) is 19.3 Å². The van der Waals surface area contributed by atoms with Gasteiger partial charge in [-0.25, -0.2) is 4.57 Å². The Morgan fingerprint density at radius 3 is 2.17 bits per heavy atom. The zero-order valence-electron chi connectivity index (χ0n) is 21.3. The number of aromatic nitrogens is 3. The summed E-state index contributed by atoms with van der Waals surface area (Å²) in [5.41, 5.74) is 10.5. The van der Waals surface area contributed by atoms with E-state index in [0.29, 0.717) is 0 Å². The molecule has 3 nitrogen and oxygen atoms in total. The normalized spacial score (nSPS) is 13.0. The molecule has 172 valence electrons. The van der Waals surface area contributed by atoms with E-state index in [-0.39, 0.29) is 5.41 Å². The van der Waals surface area contributed by atoms with Crippen LogP contribution >= 0.6 is 0 Å². The van der Waals surface area contributed by atoms with Crippen molar-refractivity contribution in [2.75, 3.05) is 0 Å². The SMILES string of the molecule is Cc1c2ccccc2c(C)c2c1c1c3c(cc(CC(C)(C)C)c4c5ccccc5n2c43)nc[n+]1C. The average Bonchev–Trinajstić information content (AvgIpc) is 3.18. The van der Waals surface area contributed by atoms with Gasteiger partial charge in [0, 0.05) is 10.8 Å². The molecular formula is C32H30N3+. The number of hydrogen-bond donors (Lipinski definition) is 0. The number of aryl methyl sites for hydroxylation is 3. The molecule has 3 heterocycles. The smallest absolute Gasteiger partial charge is 0.287 e. The van der Waals surface area contributed by atoms with Crippen LogP contribution in [0.1, 0.15) is 37.5 Å². The Bertz CT molecular complexity index is 1980. The quantitative estimate of drug-likeness (QED) is 0.142. The lowest BCUT2D eigenvalue weighted by Crippen LogP contribution is -2.30. The van der Waals surface area contributed by atoms with Gasteiger partial charge in [0.25, 0.3) is 6.33 Å². The number of pyridine rings is 1. The highest BCUT2D eigenvalue weighted by molar-refractivity contribution is 6.29. The van der Waals surface area contributed by atoms with Crippen molar-refractivity contribution in [3.8, 4) is 0 Å². The molecule has 0 bridgehead atoms. The van der Waals surface area contributed by atoms with Crippen molar-refractivity contribution >= 4 is 59.9 Å². The lowest BCUT2D eigenvalue weighted by molar-refractivity contribution is -0.646. The lowest BCUT2D eigenvalue weighted by atomic mass is 9.85. The second kappa shape index (κ2) is 6.69. The number of fused-ring (bicyclic) bond motifs is 7. The van der Waals surface area contributed by atoms with Crippen LogP contribution in [0.2, 0.25) is 0 Å². The Hall–Kier alpha value is -3.72. The molecule has 0 unspecified atom stereocenters. The molecule has 0 aliphatic carbocycles. The summed E-state index contributed by atoms with van der Waals surface area (Å²) < 4.78 is 4.78. The Balaban J connectivity index is 1.92. The topological polar surface area (TPSA) is 21.2 Å². The highest BCUT2D eigenvalue weighted by Crippen LogP contribution is 2.45. The second-order valence-electron chi connectivity index (χ2n) is 11.5. The summed E-state index contributed by atoms with van der Waals surface area (Å²) in [6.07, 6.45) is 3.00. The van der Waals surface area contributed by atoms with Gasteiger partial charge in [-0.15, -0.1) is 0 Å². The van der Waals surface area contributed by atoms with E-state index in [1.165, 1.54) is 71.1 Å². The highest BCUT2D eigenvalue weighted by Gasteiger charge is 2.28. The van der Waals surface area contributed by atoms with Crippen LogP contribution < -0.4 is 4.57 Å². The predicted octanol–water partition coefficient (Wildman–Crippen LogP) is 7.57. The minimum Gasteiger partial charge on any atom is -0.307 e. The Morgan fingerprint density at radius 2 is 1.46 bits per heavy atom. The molecule has 0 saturated heterocycles. The third kappa shape index (κ3) is 2.61. The summed E-state index contributed by atoms with van der Waals surface area (Å²) >= 11 is 0. The third-order valence-electron chi connectivity index (χ3n) is 7.84. The zero-order chi connectivity index (χ0) is 24.2. The third-order valence-corrected chi connectivity index (χ3v) is 7.84. The molecule has 0 atom stereocenters.